The molecule has 17 heavy (non-hydrogen) atoms. The number of nitrogens with zero attached hydrogens (tertiary/aromatic N) is 3. The van der Waals surface area contributed by atoms with Gasteiger partial charge in [0, 0.05) is 12.6 Å². The lowest BCUT2D eigenvalue weighted by Crippen LogP contribution is -2.34. The number of rotatable bonds is 3. The van der Waals surface area contributed by atoms with E-state index >= 15 is 0 Å². The zero-order chi connectivity index (χ0) is 12.4. The molecule has 2 rings (SSSR count). The Morgan fingerprint density at radius 2 is 1.76 bits per heavy atom. The predicted octanol–water partition coefficient (Wildman–Crippen LogP) is 3.52. The summed E-state index contributed by atoms with van der Waals surface area (Å²) in [5.41, 5.74) is 1.89. The monoisotopic (exact) mass is 253 g/mol. The number of halogens is 1. The molecule has 1 saturated carbocycles. The quantitative estimate of drug-likeness (QED) is 0.825. The lowest BCUT2D eigenvalue weighted by molar-refractivity contribution is 0.611. The first-order valence-electron chi connectivity index (χ1n) is 6.41. The normalized spacial score (nSPS) is 16.5. The molecule has 4 heteroatoms. The van der Waals surface area contributed by atoms with Crippen LogP contribution in [0.2, 0.25) is 5.15 Å². The summed E-state index contributed by atoms with van der Waals surface area (Å²) < 4.78 is 0. The summed E-state index contributed by atoms with van der Waals surface area (Å²) >= 11 is 6.24. The minimum atomic E-state index is 0.543. The van der Waals surface area contributed by atoms with E-state index in [4.69, 9.17) is 11.6 Å². The molecule has 0 saturated heterocycles. The van der Waals surface area contributed by atoms with Crippen LogP contribution in [0.25, 0.3) is 0 Å². The lowest BCUT2D eigenvalue weighted by Gasteiger charge is -2.29. The van der Waals surface area contributed by atoms with Crippen LogP contribution in [0.1, 0.15) is 44.0 Å². The molecular formula is C13H20ClN3. The molecule has 0 bridgehead atoms. The highest BCUT2D eigenvalue weighted by atomic mass is 35.5. The van der Waals surface area contributed by atoms with E-state index in [0.29, 0.717) is 11.2 Å². The van der Waals surface area contributed by atoms with Crippen molar-refractivity contribution in [2.75, 3.05) is 11.4 Å². The van der Waals surface area contributed by atoms with Gasteiger partial charge in [0.2, 0.25) is 0 Å². The van der Waals surface area contributed by atoms with Gasteiger partial charge in [-0.3, -0.25) is 0 Å². The summed E-state index contributed by atoms with van der Waals surface area (Å²) in [6, 6.07) is 0.592. The molecule has 1 aromatic rings. The Labute approximate surface area is 108 Å². The maximum absolute atomic E-state index is 6.24. The van der Waals surface area contributed by atoms with Crippen LogP contribution < -0.4 is 4.90 Å². The Morgan fingerprint density at radius 1 is 1.18 bits per heavy atom. The first kappa shape index (κ1) is 12.6. The molecule has 1 aliphatic rings. The first-order chi connectivity index (χ1) is 8.13. The van der Waals surface area contributed by atoms with E-state index in [1.807, 2.05) is 13.8 Å². The van der Waals surface area contributed by atoms with Crippen LogP contribution in [-0.2, 0) is 0 Å². The van der Waals surface area contributed by atoms with Gasteiger partial charge in [0.25, 0.3) is 0 Å². The summed E-state index contributed by atoms with van der Waals surface area (Å²) in [7, 11) is 0. The van der Waals surface area contributed by atoms with E-state index in [1.165, 1.54) is 25.7 Å². The Balaban J connectivity index is 2.32. The predicted molar refractivity (Wildman–Crippen MR) is 71.8 cm³/mol. The van der Waals surface area contributed by atoms with Crippen LogP contribution in [0.4, 0.5) is 5.82 Å². The number of hydrogen-bond donors (Lipinski definition) is 0. The third-order valence-electron chi connectivity index (χ3n) is 3.63. The largest absolute Gasteiger partial charge is 0.351 e. The summed E-state index contributed by atoms with van der Waals surface area (Å²) in [6.07, 6.45) is 5.13. The molecule has 0 aromatic carbocycles. The van der Waals surface area contributed by atoms with Crippen LogP contribution in [-0.4, -0.2) is 22.6 Å². The van der Waals surface area contributed by atoms with Gasteiger partial charge in [-0.05, 0) is 33.6 Å². The fraction of sp³-hybridized carbons (Fsp3) is 0.692. The van der Waals surface area contributed by atoms with Gasteiger partial charge in [-0.1, -0.05) is 24.4 Å². The van der Waals surface area contributed by atoms with Gasteiger partial charge in [-0.2, -0.15) is 0 Å². The number of aromatic nitrogens is 2. The topological polar surface area (TPSA) is 29.0 Å². The summed E-state index contributed by atoms with van der Waals surface area (Å²) in [5, 5.41) is 0.543. The number of anilines is 1. The summed E-state index contributed by atoms with van der Waals surface area (Å²) in [4.78, 5) is 11.3. The van der Waals surface area contributed by atoms with Crippen molar-refractivity contribution in [3.63, 3.8) is 0 Å². The maximum atomic E-state index is 6.24. The van der Waals surface area contributed by atoms with Crippen LogP contribution in [0.15, 0.2) is 0 Å². The van der Waals surface area contributed by atoms with E-state index in [1.54, 1.807) is 0 Å². The lowest BCUT2D eigenvalue weighted by atomic mass is 10.2. The second-order valence-corrected chi connectivity index (χ2v) is 5.09. The van der Waals surface area contributed by atoms with Crippen LogP contribution in [0, 0.1) is 13.8 Å². The van der Waals surface area contributed by atoms with Crippen molar-refractivity contribution < 1.29 is 0 Å². The molecule has 1 aromatic heterocycles. The summed E-state index contributed by atoms with van der Waals surface area (Å²) in [6.45, 7) is 7.04. The third-order valence-corrected chi connectivity index (χ3v) is 3.88. The van der Waals surface area contributed by atoms with E-state index < -0.39 is 0 Å². The van der Waals surface area contributed by atoms with Gasteiger partial charge in [-0.15, -0.1) is 0 Å². The SMILES string of the molecule is CCN(c1nc(C)c(C)nc1Cl)C1CCCC1. The molecule has 1 aliphatic carbocycles. The van der Waals surface area contributed by atoms with Gasteiger partial charge in [0.15, 0.2) is 11.0 Å². The van der Waals surface area contributed by atoms with Crippen molar-refractivity contribution in [3.8, 4) is 0 Å². The van der Waals surface area contributed by atoms with E-state index in [9.17, 15) is 0 Å². The van der Waals surface area contributed by atoms with E-state index in [2.05, 4.69) is 21.8 Å². The van der Waals surface area contributed by atoms with E-state index in [0.717, 1.165) is 23.8 Å². The van der Waals surface area contributed by atoms with Crippen molar-refractivity contribution >= 4 is 17.4 Å². The number of aryl methyl sites for hydroxylation is 2. The van der Waals surface area contributed by atoms with Gasteiger partial charge < -0.3 is 4.90 Å². The minimum absolute atomic E-state index is 0.543. The van der Waals surface area contributed by atoms with Gasteiger partial charge in [0.1, 0.15) is 0 Å². The van der Waals surface area contributed by atoms with Crippen LogP contribution in [0.3, 0.4) is 0 Å². The second kappa shape index (κ2) is 5.21. The molecule has 0 unspecified atom stereocenters. The summed E-state index contributed by atoms with van der Waals surface area (Å²) in [5.74, 6) is 0.865. The number of hydrogen-bond acceptors (Lipinski definition) is 3. The average Bonchev–Trinajstić information content (AvgIpc) is 2.80. The molecule has 0 atom stereocenters. The average molecular weight is 254 g/mol. The standard InChI is InChI=1S/C13H20ClN3/c1-4-17(11-7-5-6-8-11)13-12(14)15-9(2)10(3)16-13/h11H,4-8H2,1-3H3. The highest BCUT2D eigenvalue weighted by Gasteiger charge is 2.24. The molecular weight excluding hydrogens is 234 g/mol. The Kier molecular flexibility index (Phi) is 3.87. The van der Waals surface area contributed by atoms with Gasteiger partial charge in [-0.25, -0.2) is 9.97 Å². The fourth-order valence-corrected chi connectivity index (χ4v) is 2.82. The van der Waals surface area contributed by atoms with Crippen molar-refractivity contribution in [1.29, 1.82) is 0 Å². The van der Waals surface area contributed by atoms with Crippen LogP contribution in [0.5, 0.6) is 0 Å². The Hall–Kier alpha value is -0.830. The highest BCUT2D eigenvalue weighted by Crippen LogP contribution is 2.30. The van der Waals surface area contributed by atoms with Crippen LogP contribution >= 0.6 is 11.6 Å². The third kappa shape index (κ3) is 2.54. The highest BCUT2D eigenvalue weighted by molar-refractivity contribution is 6.31. The Bertz CT molecular complexity index is 400. The molecule has 94 valence electrons. The first-order valence-corrected chi connectivity index (χ1v) is 6.78. The maximum Gasteiger partial charge on any atom is 0.171 e. The molecule has 1 heterocycles. The van der Waals surface area contributed by atoms with Crippen molar-refractivity contribution in [3.05, 3.63) is 16.5 Å². The molecule has 0 amide bonds. The molecule has 0 N–H and O–H groups in total. The molecule has 3 nitrogen and oxygen atoms in total. The second-order valence-electron chi connectivity index (χ2n) is 4.73. The molecule has 0 spiro atoms. The zero-order valence-electron chi connectivity index (χ0n) is 10.8. The molecule has 1 fully saturated rings. The molecule has 0 aliphatic heterocycles. The van der Waals surface area contributed by atoms with Crippen molar-refractivity contribution in [1.82, 2.24) is 9.97 Å². The van der Waals surface area contributed by atoms with Crippen molar-refractivity contribution in [2.45, 2.75) is 52.5 Å². The van der Waals surface area contributed by atoms with Gasteiger partial charge in [0.05, 0.1) is 11.4 Å². The minimum Gasteiger partial charge on any atom is -0.351 e. The molecule has 0 radical (unpaired) electrons. The van der Waals surface area contributed by atoms with E-state index in [-0.39, 0.29) is 0 Å². The smallest absolute Gasteiger partial charge is 0.171 e. The van der Waals surface area contributed by atoms with Crippen molar-refractivity contribution in [2.24, 2.45) is 0 Å². The fourth-order valence-electron chi connectivity index (χ4n) is 2.54. The Morgan fingerprint density at radius 3 is 2.35 bits per heavy atom. The van der Waals surface area contributed by atoms with Gasteiger partial charge >= 0.3 is 0 Å². The zero-order valence-corrected chi connectivity index (χ0v) is 11.6.